The summed E-state index contributed by atoms with van der Waals surface area (Å²) in [4.78, 5) is 9.16. The molecule has 4 aromatic rings. The van der Waals surface area contributed by atoms with E-state index in [-0.39, 0.29) is 10.0 Å². The van der Waals surface area contributed by atoms with E-state index in [0.717, 1.165) is 0 Å². The monoisotopic (exact) mass is 416 g/mol. The molecule has 0 saturated heterocycles. The lowest BCUT2D eigenvalue weighted by molar-refractivity contribution is 0.628. The molecule has 0 amide bonds. The van der Waals surface area contributed by atoms with Gasteiger partial charge in [-0.15, -0.1) is 0 Å². The van der Waals surface area contributed by atoms with E-state index in [1.54, 1.807) is 0 Å². The summed E-state index contributed by atoms with van der Waals surface area (Å²) in [5, 5.41) is 6.14. The Labute approximate surface area is 169 Å². The maximum absolute atomic E-state index is 13.4. The summed E-state index contributed by atoms with van der Waals surface area (Å²) < 4.78 is 26.9. The Balaban J connectivity index is 1.77. The summed E-state index contributed by atoms with van der Waals surface area (Å²) in [6.07, 6.45) is 0. The fourth-order valence-electron chi connectivity index (χ4n) is 2.60. The van der Waals surface area contributed by atoms with Gasteiger partial charge in [0.15, 0.2) is 11.6 Å². The third-order valence-corrected chi connectivity index (χ3v) is 4.51. The van der Waals surface area contributed by atoms with E-state index in [0.29, 0.717) is 34.0 Å². The third-order valence-electron chi connectivity index (χ3n) is 3.94. The van der Waals surface area contributed by atoms with Crippen molar-refractivity contribution < 1.29 is 8.78 Å². The van der Waals surface area contributed by atoms with Crippen LogP contribution in [0.15, 0.2) is 60.7 Å². The number of nitrogens with one attached hydrogen (secondary N) is 2. The molecular weight excluding hydrogens is 405 g/mol. The van der Waals surface area contributed by atoms with Gasteiger partial charge in [-0.25, -0.2) is 18.7 Å². The predicted molar refractivity (Wildman–Crippen MR) is 109 cm³/mol. The molecule has 0 aliphatic rings. The molecule has 140 valence electrons. The summed E-state index contributed by atoms with van der Waals surface area (Å²) in [6, 6.07) is 15.8. The van der Waals surface area contributed by atoms with E-state index in [1.165, 1.54) is 36.4 Å². The standard InChI is InChI=1S/C20H12Cl2F2N4/c21-13-9-11(5-7-15(13)23)25-19-20(26-12-6-8-16(24)14(22)10-12)28-18-4-2-1-3-17(18)27-19/h1-10H,(H,25,27)(H,26,28). The molecule has 0 saturated carbocycles. The van der Waals surface area contributed by atoms with Crippen LogP contribution in [-0.2, 0) is 0 Å². The highest BCUT2D eigenvalue weighted by molar-refractivity contribution is 6.31. The molecule has 2 N–H and O–H groups in total. The van der Waals surface area contributed by atoms with E-state index in [1.807, 2.05) is 24.3 Å². The van der Waals surface area contributed by atoms with Gasteiger partial charge in [0.1, 0.15) is 11.6 Å². The zero-order valence-electron chi connectivity index (χ0n) is 14.2. The summed E-state index contributed by atoms with van der Waals surface area (Å²) >= 11 is 11.7. The molecule has 0 aliphatic carbocycles. The van der Waals surface area contributed by atoms with Crippen LogP contribution in [0.25, 0.3) is 11.0 Å². The van der Waals surface area contributed by atoms with Crippen molar-refractivity contribution in [3.05, 3.63) is 82.3 Å². The second-order valence-corrected chi connectivity index (χ2v) is 6.73. The average Bonchev–Trinajstić information content (AvgIpc) is 2.68. The Morgan fingerprint density at radius 1 is 0.643 bits per heavy atom. The number of anilines is 4. The van der Waals surface area contributed by atoms with Gasteiger partial charge < -0.3 is 10.6 Å². The maximum Gasteiger partial charge on any atom is 0.174 e. The van der Waals surface area contributed by atoms with Gasteiger partial charge in [0, 0.05) is 11.4 Å². The largest absolute Gasteiger partial charge is 0.337 e. The SMILES string of the molecule is Fc1ccc(Nc2nc3ccccc3nc2Nc2ccc(F)c(Cl)c2)cc1Cl. The van der Waals surface area contributed by atoms with Crippen molar-refractivity contribution in [3.8, 4) is 0 Å². The number of para-hydroxylation sites is 2. The highest BCUT2D eigenvalue weighted by Crippen LogP contribution is 2.30. The zero-order chi connectivity index (χ0) is 19.7. The second-order valence-electron chi connectivity index (χ2n) is 5.92. The molecule has 0 unspecified atom stereocenters. The van der Waals surface area contributed by atoms with Gasteiger partial charge in [-0.3, -0.25) is 0 Å². The number of hydrogen-bond donors (Lipinski definition) is 2. The smallest absolute Gasteiger partial charge is 0.174 e. The molecule has 28 heavy (non-hydrogen) atoms. The molecule has 0 fully saturated rings. The quantitative estimate of drug-likeness (QED) is 0.388. The van der Waals surface area contributed by atoms with Gasteiger partial charge in [-0.1, -0.05) is 35.3 Å². The molecule has 4 nitrogen and oxygen atoms in total. The van der Waals surface area contributed by atoms with E-state index >= 15 is 0 Å². The molecule has 4 rings (SSSR count). The first-order chi connectivity index (χ1) is 13.5. The van der Waals surface area contributed by atoms with Crippen molar-refractivity contribution in [2.24, 2.45) is 0 Å². The van der Waals surface area contributed by atoms with Crippen LogP contribution in [0.5, 0.6) is 0 Å². The fourth-order valence-corrected chi connectivity index (χ4v) is 2.96. The number of aromatic nitrogens is 2. The first-order valence-electron chi connectivity index (χ1n) is 8.20. The minimum absolute atomic E-state index is 0.0152. The van der Waals surface area contributed by atoms with Crippen molar-refractivity contribution in [2.45, 2.75) is 0 Å². The van der Waals surface area contributed by atoms with Crippen LogP contribution in [0.1, 0.15) is 0 Å². The van der Waals surface area contributed by atoms with Crippen LogP contribution in [0.3, 0.4) is 0 Å². The van der Waals surface area contributed by atoms with Gasteiger partial charge in [-0.2, -0.15) is 0 Å². The van der Waals surface area contributed by atoms with Gasteiger partial charge in [0.05, 0.1) is 21.1 Å². The van der Waals surface area contributed by atoms with Crippen molar-refractivity contribution in [1.29, 1.82) is 0 Å². The van der Waals surface area contributed by atoms with Crippen LogP contribution in [-0.4, -0.2) is 9.97 Å². The lowest BCUT2D eigenvalue weighted by Crippen LogP contribution is -2.03. The molecule has 0 radical (unpaired) electrons. The van der Waals surface area contributed by atoms with Gasteiger partial charge in [0.25, 0.3) is 0 Å². The molecule has 8 heteroatoms. The second kappa shape index (κ2) is 7.58. The van der Waals surface area contributed by atoms with Crippen molar-refractivity contribution in [2.75, 3.05) is 10.6 Å². The topological polar surface area (TPSA) is 49.8 Å². The van der Waals surface area contributed by atoms with E-state index in [2.05, 4.69) is 20.6 Å². The normalized spacial score (nSPS) is 10.9. The Morgan fingerprint density at radius 2 is 1.07 bits per heavy atom. The lowest BCUT2D eigenvalue weighted by Gasteiger charge is -2.14. The summed E-state index contributed by atoms with van der Waals surface area (Å²) in [7, 11) is 0. The third kappa shape index (κ3) is 3.83. The molecular formula is C20H12Cl2F2N4. The molecule has 1 aromatic heterocycles. The average molecular weight is 417 g/mol. The lowest BCUT2D eigenvalue weighted by atomic mass is 10.2. The predicted octanol–water partition coefficient (Wildman–Crippen LogP) is 6.70. The first kappa shape index (κ1) is 18.4. The minimum Gasteiger partial charge on any atom is -0.337 e. The van der Waals surface area contributed by atoms with Gasteiger partial charge in [-0.05, 0) is 48.5 Å². The van der Waals surface area contributed by atoms with E-state index in [4.69, 9.17) is 23.2 Å². The number of rotatable bonds is 4. The Hall–Kier alpha value is -2.96. The Kier molecular flexibility index (Phi) is 4.98. The minimum atomic E-state index is -0.517. The van der Waals surface area contributed by atoms with Crippen LogP contribution >= 0.6 is 23.2 Å². The number of benzene rings is 3. The van der Waals surface area contributed by atoms with Crippen molar-refractivity contribution >= 4 is 57.2 Å². The highest BCUT2D eigenvalue weighted by Gasteiger charge is 2.12. The van der Waals surface area contributed by atoms with Crippen molar-refractivity contribution in [1.82, 2.24) is 9.97 Å². The van der Waals surface area contributed by atoms with Gasteiger partial charge >= 0.3 is 0 Å². The summed E-state index contributed by atoms with van der Waals surface area (Å²) in [6.45, 7) is 0. The first-order valence-corrected chi connectivity index (χ1v) is 8.96. The molecule has 3 aromatic carbocycles. The summed E-state index contributed by atoms with van der Waals surface area (Å²) in [5.74, 6) is -0.254. The van der Waals surface area contributed by atoms with E-state index < -0.39 is 11.6 Å². The van der Waals surface area contributed by atoms with Crippen LogP contribution in [0.4, 0.5) is 31.8 Å². The van der Waals surface area contributed by atoms with Crippen LogP contribution in [0.2, 0.25) is 10.0 Å². The summed E-state index contributed by atoms with van der Waals surface area (Å²) in [5.41, 5.74) is 2.41. The van der Waals surface area contributed by atoms with Crippen LogP contribution in [0, 0.1) is 11.6 Å². The van der Waals surface area contributed by atoms with E-state index in [9.17, 15) is 8.78 Å². The Bertz CT molecular complexity index is 1090. The number of fused-ring (bicyclic) bond motifs is 1. The highest BCUT2D eigenvalue weighted by atomic mass is 35.5. The molecule has 0 bridgehead atoms. The number of nitrogens with zero attached hydrogens (tertiary/aromatic N) is 2. The number of halogens is 4. The molecule has 0 aliphatic heterocycles. The molecule has 1 heterocycles. The molecule has 0 atom stereocenters. The number of hydrogen-bond acceptors (Lipinski definition) is 4. The van der Waals surface area contributed by atoms with Crippen molar-refractivity contribution in [3.63, 3.8) is 0 Å². The molecule has 0 spiro atoms. The van der Waals surface area contributed by atoms with Crippen LogP contribution < -0.4 is 10.6 Å². The Morgan fingerprint density at radius 3 is 1.46 bits per heavy atom. The van der Waals surface area contributed by atoms with Gasteiger partial charge in [0.2, 0.25) is 0 Å². The zero-order valence-corrected chi connectivity index (χ0v) is 15.7. The fraction of sp³-hybridized carbons (Fsp3) is 0. The maximum atomic E-state index is 13.4.